The molecule has 0 spiro atoms. The molecule has 0 atom stereocenters. The molecule has 11 heteroatoms. The van der Waals surface area contributed by atoms with Crippen LogP contribution in [0.15, 0.2) is 35.5 Å². The molecule has 2 aromatic heterocycles. The summed E-state index contributed by atoms with van der Waals surface area (Å²) in [7, 11) is -2.24. The fraction of sp³-hybridized carbons (Fsp3) is 0.500. The summed E-state index contributed by atoms with van der Waals surface area (Å²) >= 11 is 1.30. The standard InChI is InChI=1S/C20H27F2N5O2S2/c1-6-27-10-9-23-17(27)12-26(5)31(28,29)14-7-8-16-15(11-14)25-18(30-16)24-13-19(2,3)20(4,21)22/h7-11H,6,12-13H2,1-5H3,(H,24,25). The Kier molecular flexibility index (Phi) is 6.41. The number of rotatable bonds is 9. The number of hydrogen-bond acceptors (Lipinski definition) is 6. The third kappa shape index (κ3) is 4.88. The van der Waals surface area contributed by atoms with Gasteiger partial charge in [0.05, 0.1) is 21.7 Å². The molecule has 1 aromatic carbocycles. The number of halogens is 2. The number of sulfonamides is 1. The third-order valence-corrected chi connectivity index (χ3v) is 8.24. The fourth-order valence-electron chi connectivity index (χ4n) is 2.84. The molecule has 0 radical (unpaired) electrons. The predicted molar refractivity (Wildman–Crippen MR) is 119 cm³/mol. The number of aryl methyl sites for hydroxylation is 1. The van der Waals surface area contributed by atoms with E-state index in [2.05, 4.69) is 15.3 Å². The van der Waals surface area contributed by atoms with E-state index in [1.54, 1.807) is 18.5 Å². The number of nitrogens with one attached hydrogen (secondary N) is 1. The lowest BCUT2D eigenvalue weighted by atomic mass is 9.86. The first kappa shape index (κ1) is 23.6. The first-order valence-corrected chi connectivity index (χ1v) is 12.1. The first-order chi connectivity index (χ1) is 14.3. The van der Waals surface area contributed by atoms with Gasteiger partial charge >= 0.3 is 0 Å². The zero-order chi connectivity index (χ0) is 23.0. The summed E-state index contributed by atoms with van der Waals surface area (Å²) in [5.41, 5.74) is -0.759. The molecule has 0 aliphatic heterocycles. The van der Waals surface area contributed by atoms with Gasteiger partial charge in [-0.25, -0.2) is 27.2 Å². The van der Waals surface area contributed by atoms with Crippen molar-refractivity contribution in [2.75, 3.05) is 18.9 Å². The van der Waals surface area contributed by atoms with Crippen LogP contribution in [0, 0.1) is 5.41 Å². The summed E-state index contributed by atoms with van der Waals surface area (Å²) in [6.45, 7) is 6.71. The number of fused-ring (bicyclic) bond motifs is 1. The van der Waals surface area contributed by atoms with Crippen LogP contribution in [0.3, 0.4) is 0 Å². The van der Waals surface area contributed by atoms with Crippen molar-refractivity contribution in [2.45, 2.75) is 51.6 Å². The van der Waals surface area contributed by atoms with Gasteiger partial charge in [-0.2, -0.15) is 4.31 Å². The maximum Gasteiger partial charge on any atom is 0.252 e. The molecule has 0 bridgehead atoms. The van der Waals surface area contributed by atoms with Gasteiger partial charge in [0.25, 0.3) is 5.92 Å². The monoisotopic (exact) mass is 471 g/mol. The predicted octanol–water partition coefficient (Wildman–Crippen LogP) is 4.43. The minimum Gasteiger partial charge on any atom is -0.361 e. The summed E-state index contributed by atoms with van der Waals surface area (Å²) < 4.78 is 57.4. The van der Waals surface area contributed by atoms with Crippen molar-refractivity contribution in [3.8, 4) is 0 Å². The van der Waals surface area contributed by atoms with Gasteiger partial charge < -0.3 is 9.88 Å². The molecule has 0 saturated heterocycles. The third-order valence-electron chi connectivity index (χ3n) is 5.44. The molecule has 0 unspecified atom stereocenters. The second-order valence-corrected chi connectivity index (χ2v) is 11.2. The van der Waals surface area contributed by atoms with E-state index in [0.717, 1.165) is 11.6 Å². The Bertz CT molecular complexity index is 1170. The number of hydrogen-bond donors (Lipinski definition) is 1. The zero-order valence-electron chi connectivity index (χ0n) is 18.2. The molecule has 0 fully saturated rings. The van der Waals surface area contributed by atoms with Gasteiger partial charge in [0, 0.05) is 37.9 Å². The second-order valence-electron chi connectivity index (χ2n) is 8.16. The van der Waals surface area contributed by atoms with Gasteiger partial charge in [0.1, 0.15) is 5.82 Å². The van der Waals surface area contributed by atoms with E-state index in [-0.39, 0.29) is 18.0 Å². The van der Waals surface area contributed by atoms with Crippen LogP contribution in [0.1, 0.15) is 33.5 Å². The SMILES string of the molecule is CCn1ccnc1CN(C)S(=O)(=O)c1ccc2sc(NCC(C)(C)C(C)(F)F)nc2c1. The summed E-state index contributed by atoms with van der Waals surface area (Å²) in [6.07, 6.45) is 3.45. The van der Waals surface area contributed by atoms with Crippen LogP contribution in [0.2, 0.25) is 0 Å². The number of anilines is 1. The van der Waals surface area contributed by atoms with Crippen LogP contribution in [-0.4, -0.2) is 46.8 Å². The van der Waals surface area contributed by atoms with E-state index < -0.39 is 21.4 Å². The van der Waals surface area contributed by atoms with E-state index >= 15 is 0 Å². The largest absolute Gasteiger partial charge is 0.361 e. The summed E-state index contributed by atoms with van der Waals surface area (Å²) in [5, 5.41) is 3.43. The Balaban J connectivity index is 1.80. The lowest BCUT2D eigenvalue weighted by molar-refractivity contribution is -0.0812. The number of benzene rings is 1. The van der Waals surface area contributed by atoms with Gasteiger partial charge in [-0.05, 0) is 32.0 Å². The molecule has 2 heterocycles. The van der Waals surface area contributed by atoms with E-state index in [1.165, 1.54) is 48.7 Å². The fourth-order valence-corrected chi connectivity index (χ4v) is 4.83. The van der Waals surface area contributed by atoms with Crippen molar-refractivity contribution in [2.24, 2.45) is 5.41 Å². The molecule has 0 saturated carbocycles. The molecule has 3 rings (SSSR count). The molecule has 170 valence electrons. The molecule has 0 amide bonds. The zero-order valence-corrected chi connectivity index (χ0v) is 19.8. The van der Waals surface area contributed by atoms with E-state index in [1.807, 2.05) is 11.5 Å². The average molecular weight is 472 g/mol. The molecular formula is C20H27F2N5O2S2. The lowest BCUT2D eigenvalue weighted by Gasteiger charge is -2.31. The van der Waals surface area contributed by atoms with Crippen LogP contribution in [0.25, 0.3) is 10.2 Å². The van der Waals surface area contributed by atoms with Crippen molar-refractivity contribution < 1.29 is 17.2 Å². The molecular weight excluding hydrogens is 444 g/mol. The van der Waals surface area contributed by atoms with E-state index in [4.69, 9.17) is 0 Å². The van der Waals surface area contributed by atoms with Crippen molar-refractivity contribution in [3.05, 3.63) is 36.4 Å². The molecule has 0 aliphatic rings. The highest BCUT2D eigenvalue weighted by Gasteiger charge is 2.41. The molecule has 3 aromatic rings. The Morgan fingerprint density at radius 3 is 2.61 bits per heavy atom. The van der Waals surface area contributed by atoms with E-state index in [0.29, 0.717) is 23.0 Å². The normalized spacial score (nSPS) is 13.3. The van der Waals surface area contributed by atoms with Gasteiger partial charge in [0.15, 0.2) is 5.13 Å². The van der Waals surface area contributed by atoms with Crippen LogP contribution in [0.5, 0.6) is 0 Å². The number of alkyl halides is 2. The summed E-state index contributed by atoms with van der Waals surface area (Å²) in [5.74, 6) is -2.19. The smallest absolute Gasteiger partial charge is 0.252 e. The highest BCUT2D eigenvalue weighted by atomic mass is 32.2. The van der Waals surface area contributed by atoms with Crippen molar-refractivity contribution >= 4 is 36.7 Å². The average Bonchev–Trinajstić information content (AvgIpc) is 3.30. The van der Waals surface area contributed by atoms with Crippen LogP contribution >= 0.6 is 11.3 Å². The topological polar surface area (TPSA) is 80.1 Å². The maximum absolute atomic E-state index is 13.7. The second kappa shape index (κ2) is 8.44. The minimum atomic E-state index is -3.75. The Morgan fingerprint density at radius 1 is 1.26 bits per heavy atom. The maximum atomic E-state index is 13.7. The molecule has 1 N–H and O–H groups in total. The van der Waals surface area contributed by atoms with Crippen molar-refractivity contribution in [1.82, 2.24) is 18.8 Å². The van der Waals surface area contributed by atoms with Crippen molar-refractivity contribution in [1.29, 1.82) is 0 Å². The van der Waals surface area contributed by atoms with Crippen LogP contribution < -0.4 is 5.32 Å². The Morgan fingerprint density at radius 2 is 1.97 bits per heavy atom. The van der Waals surface area contributed by atoms with Crippen LogP contribution in [0.4, 0.5) is 13.9 Å². The van der Waals surface area contributed by atoms with E-state index in [9.17, 15) is 17.2 Å². The Labute approximate surface area is 185 Å². The molecule has 31 heavy (non-hydrogen) atoms. The lowest BCUT2D eigenvalue weighted by Crippen LogP contribution is -2.39. The van der Waals surface area contributed by atoms with Gasteiger partial charge in [0.2, 0.25) is 10.0 Å². The summed E-state index contributed by atoms with van der Waals surface area (Å²) in [4.78, 5) is 8.75. The number of aromatic nitrogens is 3. The highest BCUT2D eigenvalue weighted by Crippen LogP contribution is 2.36. The minimum absolute atomic E-state index is 0.0360. The highest BCUT2D eigenvalue weighted by molar-refractivity contribution is 7.89. The quantitative estimate of drug-likeness (QED) is 0.500. The summed E-state index contributed by atoms with van der Waals surface area (Å²) in [6, 6.07) is 4.73. The number of nitrogens with zero attached hydrogens (tertiary/aromatic N) is 4. The number of imidazole rings is 1. The first-order valence-electron chi connectivity index (χ1n) is 9.84. The van der Waals surface area contributed by atoms with Crippen molar-refractivity contribution in [3.63, 3.8) is 0 Å². The molecule has 7 nitrogen and oxygen atoms in total. The molecule has 0 aliphatic carbocycles. The van der Waals surface area contributed by atoms with Gasteiger partial charge in [-0.15, -0.1) is 0 Å². The number of thiazole rings is 1. The van der Waals surface area contributed by atoms with Crippen LogP contribution in [-0.2, 0) is 23.1 Å². The Hall–Kier alpha value is -2.11. The van der Waals surface area contributed by atoms with Gasteiger partial charge in [-0.3, -0.25) is 0 Å². The van der Waals surface area contributed by atoms with Gasteiger partial charge in [-0.1, -0.05) is 25.2 Å².